The van der Waals surface area contributed by atoms with Gasteiger partial charge >= 0.3 is 0 Å². The summed E-state index contributed by atoms with van der Waals surface area (Å²) in [5, 5.41) is 27.4. The van der Waals surface area contributed by atoms with Crippen LogP contribution in [0.25, 0.3) is 33.5 Å². The average molecular weight is 571 g/mol. The third-order valence-corrected chi connectivity index (χ3v) is 8.07. The van der Waals surface area contributed by atoms with Gasteiger partial charge in [-0.3, -0.25) is 9.48 Å². The Labute approximate surface area is 234 Å². The lowest BCUT2D eigenvalue weighted by molar-refractivity contribution is 0.0841. The molecule has 40 heavy (non-hydrogen) atoms. The Morgan fingerprint density at radius 1 is 1.25 bits per heavy atom. The molecule has 0 radical (unpaired) electrons. The normalized spacial score (nSPS) is 13.3. The van der Waals surface area contributed by atoms with Crippen LogP contribution in [0.15, 0.2) is 30.6 Å². The van der Waals surface area contributed by atoms with Crippen LogP contribution in [-0.4, -0.2) is 73.4 Å². The molecule has 0 saturated heterocycles. The number of nitrogens with one attached hydrogen (secondary N) is 1. The highest BCUT2D eigenvalue weighted by atomic mass is 28.3. The quantitative estimate of drug-likeness (QED) is 0.182. The summed E-state index contributed by atoms with van der Waals surface area (Å²) in [4.78, 5) is 22.8. The second kappa shape index (κ2) is 11.7. The highest BCUT2D eigenvalue weighted by Crippen LogP contribution is 2.30. The summed E-state index contributed by atoms with van der Waals surface area (Å²) in [5.74, 6) is -0.697. The molecule has 0 spiro atoms. The molecule has 12 heteroatoms. The molecule has 1 amide bonds. The van der Waals surface area contributed by atoms with Gasteiger partial charge in [-0.1, -0.05) is 19.6 Å². The van der Waals surface area contributed by atoms with Crippen LogP contribution in [0.3, 0.4) is 0 Å². The van der Waals surface area contributed by atoms with Crippen molar-refractivity contribution >= 4 is 36.0 Å². The number of nitrogens with zero attached hydrogens (tertiary/aromatic N) is 5. The number of benzene rings is 1. The Hall–Kier alpha value is -3.19. The number of halogens is 1. The van der Waals surface area contributed by atoms with Crippen LogP contribution in [0.2, 0.25) is 25.7 Å². The molecule has 3 heterocycles. The Kier molecular flexibility index (Phi) is 8.74. The third-order valence-electron chi connectivity index (χ3n) is 6.37. The van der Waals surface area contributed by atoms with E-state index in [0.717, 1.165) is 6.04 Å². The van der Waals surface area contributed by atoms with Crippen LogP contribution < -0.4 is 5.32 Å². The van der Waals surface area contributed by atoms with Crippen LogP contribution in [0.1, 0.15) is 37.6 Å². The summed E-state index contributed by atoms with van der Waals surface area (Å²) in [5.41, 5.74) is 2.26. The zero-order chi connectivity index (χ0) is 29.2. The first-order valence-electron chi connectivity index (χ1n) is 13.5. The SMILES string of the molecule is CC(C)(C)NC(=O)c1cn(COCC[Si](C)(C)C)c2ncc(-c3nn(CCC(O)CO)c4cc(F)ccc34)nc12. The number of aromatic nitrogens is 5. The largest absolute Gasteiger partial charge is 0.394 e. The lowest BCUT2D eigenvalue weighted by Crippen LogP contribution is -2.40. The number of hydrogen-bond donors (Lipinski definition) is 3. The summed E-state index contributed by atoms with van der Waals surface area (Å²) in [7, 11) is -1.26. The molecule has 1 aromatic carbocycles. The van der Waals surface area contributed by atoms with Gasteiger partial charge in [0.25, 0.3) is 5.91 Å². The van der Waals surface area contributed by atoms with Crippen molar-refractivity contribution in [2.75, 3.05) is 13.2 Å². The smallest absolute Gasteiger partial charge is 0.255 e. The Balaban J connectivity index is 1.76. The lowest BCUT2D eigenvalue weighted by atomic mass is 10.1. The minimum Gasteiger partial charge on any atom is -0.394 e. The lowest BCUT2D eigenvalue weighted by Gasteiger charge is -2.20. The van der Waals surface area contributed by atoms with E-state index in [0.29, 0.717) is 45.6 Å². The van der Waals surface area contributed by atoms with E-state index in [2.05, 4.69) is 35.0 Å². The molecule has 0 fully saturated rings. The molecule has 0 saturated carbocycles. The summed E-state index contributed by atoms with van der Waals surface area (Å²) >= 11 is 0. The monoisotopic (exact) mass is 570 g/mol. The molecule has 0 aliphatic rings. The van der Waals surface area contributed by atoms with E-state index in [-0.39, 0.29) is 32.2 Å². The number of carbonyl (C=O) groups is 1. The average Bonchev–Trinajstić information content (AvgIpc) is 3.41. The minimum atomic E-state index is -1.26. The highest BCUT2D eigenvalue weighted by Gasteiger charge is 2.24. The number of aryl methyl sites for hydroxylation is 1. The molecule has 0 aliphatic heterocycles. The Morgan fingerprint density at radius 2 is 2.00 bits per heavy atom. The van der Waals surface area contributed by atoms with Crippen molar-refractivity contribution in [3.05, 3.63) is 42.0 Å². The minimum absolute atomic E-state index is 0.238. The van der Waals surface area contributed by atoms with Gasteiger partial charge in [-0.2, -0.15) is 5.10 Å². The van der Waals surface area contributed by atoms with Gasteiger partial charge in [0, 0.05) is 38.3 Å². The predicted octanol–water partition coefficient (Wildman–Crippen LogP) is 4.17. The molecule has 10 nitrogen and oxygen atoms in total. The Bertz CT molecular complexity index is 1500. The summed E-state index contributed by atoms with van der Waals surface area (Å²) in [6, 6.07) is 5.37. The van der Waals surface area contributed by atoms with Gasteiger partial charge in [-0.15, -0.1) is 0 Å². The van der Waals surface area contributed by atoms with Crippen LogP contribution in [0.5, 0.6) is 0 Å². The molecule has 3 N–H and O–H groups in total. The van der Waals surface area contributed by atoms with E-state index in [4.69, 9.17) is 9.72 Å². The molecule has 216 valence electrons. The molecule has 1 atom stereocenters. The molecule has 0 aliphatic carbocycles. The molecular formula is C28H39FN6O4Si. The second-order valence-corrected chi connectivity index (χ2v) is 18.0. The van der Waals surface area contributed by atoms with E-state index in [1.54, 1.807) is 27.7 Å². The van der Waals surface area contributed by atoms with Gasteiger partial charge in [0.05, 0.1) is 30.0 Å². The van der Waals surface area contributed by atoms with Crippen molar-refractivity contribution in [1.29, 1.82) is 0 Å². The second-order valence-electron chi connectivity index (χ2n) is 12.4. The van der Waals surface area contributed by atoms with Crippen molar-refractivity contribution in [3.63, 3.8) is 0 Å². The molecule has 3 aromatic heterocycles. The first-order valence-corrected chi connectivity index (χ1v) is 17.2. The fourth-order valence-corrected chi connectivity index (χ4v) is 5.01. The predicted molar refractivity (Wildman–Crippen MR) is 155 cm³/mol. The molecule has 4 aromatic rings. The van der Waals surface area contributed by atoms with Crippen LogP contribution in [0, 0.1) is 5.82 Å². The van der Waals surface area contributed by atoms with E-state index in [1.165, 1.54) is 12.1 Å². The van der Waals surface area contributed by atoms with Gasteiger partial charge in [-0.25, -0.2) is 14.4 Å². The fraction of sp³-hybridized carbons (Fsp3) is 0.500. The number of aliphatic hydroxyl groups is 2. The maximum atomic E-state index is 14.2. The third kappa shape index (κ3) is 7.11. The maximum absolute atomic E-state index is 14.2. The van der Waals surface area contributed by atoms with Gasteiger partial charge in [0.1, 0.15) is 29.5 Å². The standard InChI is InChI=1S/C28H39FN6O4Si/c1-28(2,3)32-27(38)21-15-34(17-39-11-12-40(4,5)6)26-25(21)31-22(14-30-26)24-20-8-7-18(29)13-23(20)35(33-24)10-9-19(37)16-36/h7-8,13-15,19,36-37H,9-12,16-17H2,1-6H3,(H,32,38). The number of ether oxygens (including phenoxy) is 1. The number of amides is 1. The first kappa shape index (κ1) is 29.8. The number of aliphatic hydroxyl groups excluding tert-OH is 2. The van der Waals surface area contributed by atoms with Crippen LogP contribution in [0.4, 0.5) is 4.39 Å². The number of fused-ring (bicyclic) bond motifs is 2. The van der Waals surface area contributed by atoms with E-state index in [1.807, 2.05) is 20.8 Å². The van der Waals surface area contributed by atoms with E-state index in [9.17, 15) is 19.4 Å². The van der Waals surface area contributed by atoms with Crippen molar-refractivity contribution in [2.45, 2.75) is 77.8 Å². The maximum Gasteiger partial charge on any atom is 0.255 e. The molecule has 0 bridgehead atoms. The fourth-order valence-electron chi connectivity index (χ4n) is 4.25. The summed E-state index contributed by atoms with van der Waals surface area (Å²) in [6.07, 6.45) is 2.63. The summed E-state index contributed by atoms with van der Waals surface area (Å²) in [6.45, 7) is 13.3. The van der Waals surface area contributed by atoms with Crippen molar-refractivity contribution in [2.24, 2.45) is 0 Å². The zero-order valence-corrected chi connectivity index (χ0v) is 25.0. The van der Waals surface area contributed by atoms with Gasteiger partial charge in [-0.05, 0) is 51.4 Å². The van der Waals surface area contributed by atoms with E-state index < -0.39 is 25.5 Å². The number of rotatable bonds is 11. The van der Waals surface area contributed by atoms with Gasteiger partial charge in [0.15, 0.2) is 5.65 Å². The van der Waals surface area contributed by atoms with Gasteiger partial charge in [0.2, 0.25) is 0 Å². The summed E-state index contributed by atoms with van der Waals surface area (Å²) < 4.78 is 23.5. The first-order chi connectivity index (χ1) is 18.8. The number of carbonyl (C=O) groups excluding carboxylic acids is 1. The van der Waals surface area contributed by atoms with Crippen molar-refractivity contribution < 1.29 is 24.1 Å². The molecule has 4 rings (SSSR count). The van der Waals surface area contributed by atoms with Crippen molar-refractivity contribution in [1.82, 2.24) is 29.6 Å². The number of hydrogen-bond acceptors (Lipinski definition) is 7. The molecular weight excluding hydrogens is 531 g/mol. The van der Waals surface area contributed by atoms with Crippen molar-refractivity contribution in [3.8, 4) is 11.4 Å². The molecule has 1 unspecified atom stereocenters. The van der Waals surface area contributed by atoms with Crippen LogP contribution >= 0.6 is 0 Å². The topological polar surface area (TPSA) is 127 Å². The van der Waals surface area contributed by atoms with Crippen LogP contribution in [-0.2, 0) is 18.0 Å². The zero-order valence-electron chi connectivity index (χ0n) is 24.0. The van der Waals surface area contributed by atoms with Gasteiger partial charge < -0.3 is 24.8 Å². The van der Waals surface area contributed by atoms with E-state index >= 15 is 0 Å². The Morgan fingerprint density at radius 3 is 2.67 bits per heavy atom. The highest BCUT2D eigenvalue weighted by molar-refractivity contribution is 6.76.